The van der Waals surface area contributed by atoms with Crippen LogP contribution >= 0.6 is 0 Å². The Bertz CT molecular complexity index is 286. The second-order valence-electron chi connectivity index (χ2n) is 6.34. The number of rotatable bonds is 6. The fraction of sp³-hybridized carbons (Fsp3) is 0.929. The van der Waals surface area contributed by atoms with Gasteiger partial charge in [-0.2, -0.15) is 0 Å². The van der Waals surface area contributed by atoms with Crippen LogP contribution in [0.15, 0.2) is 0 Å². The lowest BCUT2D eigenvalue weighted by atomic mass is 9.81. The number of morpholine rings is 1. The van der Waals surface area contributed by atoms with E-state index in [1.807, 2.05) is 27.7 Å². The molecule has 1 saturated heterocycles. The van der Waals surface area contributed by atoms with Crippen molar-refractivity contribution in [1.82, 2.24) is 10.2 Å². The van der Waals surface area contributed by atoms with Crippen LogP contribution in [0, 0.1) is 11.3 Å². The van der Waals surface area contributed by atoms with Crippen LogP contribution in [0.1, 0.15) is 27.7 Å². The molecule has 1 rings (SSSR count). The number of nitrogens with zero attached hydrogens (tertiary/aromatic N) is 1. The first-order valence-corrected chi connectivity index (χ1v) is 7.08. The average molecular weight is 272 g/mol. The largest absolute Gasteiger partial charge is 0.392 e. The molecule has 5 nitrogen and oxygen atoms in total. The Morgan fingerprint density at radius 3 is 2.47 bits per heavy atom. The van der Waals surface area contributed by atoms with E-state index in [1.54, 1.807) is 0 Å². The Kier molecular flexibility index (Phi) is 6.23. The van der Waals surface area contributed by atoms with Gasteiger partial charge in [-0.05, 0) is 5.92 Å². The van der Waals surface area contributed by atoms with Crippen molar-refractivity contribution < 1.29 is 14.6 Å². The van der Waals surface area contributed by atoms with Gasteiger partial charge in [-0.1, -0.05) is 27.7 Å². The monoisotopic (exact) mass is 272 g/mol. The van der Waals surface area contributed by atoms with Crippen LogP contribution in [0.2, 0.25) is 0 Å². The van der Waals surface area contributed by atoms with Gasteiger partial charge in [0.1, 0.15) is 0 Å². The van der Waals surface area contributed by atoms with Crippen molar-refractivity contribution in [3.05, 3.63) is 0 Å². The second-order valence-corrected chi connectivity index (χ2v) is 6.34. The summed E-state index contributed by atoms with van der Waals surface area (Å²) in [5.41, 5.74) is -0.311. The maximum atomic E-state index is 11.9. The highest BCUT2D eigenvalue weighted by atomic mass is 16.5. The van der Waals surface area contributed by atoms with E-state index in [-0.39, 0.29) is 17.2 Å². The zero-order chi connectivity index (χ0) is 14.5. The van der Waals surface area contributed by atoms with Crippen molar-refractivity contribution in [2.24, 2.45) is 11.3 Å². The molecule has 1 amide bonds. The molecule has 1 aliphatic heterocycles. The lowest BCUT2D eigenvalue weighted by Gasteiger charge is -2.33. The maximum absolute atomic E-state index is 11.9. The molecule has 0 bridgehead atoms. The predicted octanol–water partition coefficient (Wildman–Crippen LogP) is 0.478. The van der Waals surface area contributed by atoms with Crippen molar-refractivity contribution in [3.8, 4) is 0 Å². The van der Waals surface area contributed by atoms with Gasteiger partial charge >= 0.3 is 0 Å². The summed E-state index contributed by atoms with van der Waals surface area (Å²) < 4.78 is 5.25. The zero-order valence-corrected chi connectivity index (χ0v) is 12.6. The minimum atomic E-state index is -0.420. The quantitative estimate of drug-likeness (QED) is 0.738. The summed E-state index contributed by atoms with van der Waals surface area (Å²) in [6, 6.07) is 0. The number of aliphatic hydroxyl groups is 1. The van der Waals surface area contributed by atoms with Crippen LogP contribution in [0.3, 0.4) is 0 Å². The summed E-state index contributed by atoms with van der Waals surface area (Å²) in [4.78, 5) is 14.0. The number of ether oxygens (including phenoxy) is 1. The molecule has 0 aliphatic carbocycles. The summed E-state index contributed by atoms with van der Waals surface area (Å²) in [6.07, 6.45) is -0.420. The van der Waals surface area contributed by atoms with Crippen LogP contribution in [0.25, 0.3) is 0 Å². The summed E-state index contributed by atoms with van der Waals surface area (Å²) in [5, 5.41) is 13.0. The summed E-state index contributed by atoms with van der Waals surface area (Å²) in [5.74, 6) is 0.206. The molecule has 5 heteroatoms. The highest BCUT2D eigenvalue weighted by Gasteiger charge is 2.30. The van der Waals surface area contributed by atoms with Gasteiger partial charge in [0.05, 0.1) is 25.9 Å². The number of nitrogens with one attached hydrogen (secondary N) is 1. The number of hydrogen-bond acceptors (Lipinski definition) is 4. The molecule has 0 aromatic carbocycles. The van der Waals surface area contributed by atoms with E-state index in [9.17, 15) is 9.90 Å². The number of amides is 1. The van der Waals surface area contributed by atoms with Gasteiger partial charge in [0, 0.05) is 25.0 Å². The Hall–Kier alpha value is -0.650. The van der Waals surface area contributed by atoms with Gasteiger partial charge in [-0.15, -0.1) is 0 Å². The molecule has 2 N–H and O–H groups in total. The molecular formula is C14H28N2O3. The van der Waals surface area contributed by atoms with E-state index < -0.39 is 6.10 Å². The van der Waals surface area contributed by atoms with Crippen molar-refractivity contribution >= 4 is 5.91 Å². The molecule has 1 atom stereocenters. The van der Waals surface area contributed by atoms with Crippen LogP contribution in [0.5, 0.6) is 0 Å². The van der Waals surface area contributed by atoms with Crippen LogP contribution in [0.4, 0.5) is 0 Å². The SMILES string of the molecule is CC(C)C(O)C(C)(C)CNC(=O)CN1CCOCC1. The number of aliphatic hydroxyl groups excluding tert-OH is 1. The summed E-state index contributed by atoms with van der Waals surface area (Å²) in [6.45, 7) is 11.9. The third-order valence-corrected chi connectivity index (χ3v) is 3.64. The van der Waals surface area contributed by atoms with E-state index in [2.05, 4.69) is 10.2 Å². The maximum Gasteiger partial charge on any atom is 0.234 e. The van der Waals surface area contributed by atoms with Crippen LogP contribution in [-0.2, 0) is 9.53 Å². The van der Waals surface area contributed by atoms with E-state index >= 15 is 0 Å². The Morgan fingerprint density at radius 2 is 1.95 bits per heavy atom. The number of carbonyl (C=O) groups is 1. The fourth-order valence-electron chi connectivity index (χ4n) is 2.35. The third kappa shape index (κ3) is 5.47. The highest BCUT2D eigenvalue weighted by molar-refractivity contribution is 5.78. The Morgan fingerprint density at radius 1 is 1.37 bits per heavy atom. The number of carbonyl (C=O) groups excluding carboxylic acids is 1. The van der Waals surface area contributed by atoms with Gasteiger partial charge < -0.3 is 15.2 Å². The van der Waals surface area contributed by atoms with Crippen molar-refractivity contribution in [2.75, 3.05) is 39.4 Å². The molecular weight excluding hydrogens is 244 g/mol. The minimum absolute atomic E-state index is 0.0194. The Balaban J connectivity index is 2.32. The van der Waals surface area contributed by atoms with Gasteiger partial charge in [0.15, 0.2) is 0 Å². The van der Waals surface area contributed by atoms with Crippen molar-refractivity contribution in [1.29, 1.82) is 0 Å². The normalized spacial score (nSPS) is 19.5. The van der Waals surface area contributed by atoms with Gasteiger partial charge in [0.25, 0.3) is 0 Å². The number of hydrogen-bond donors (Lipinski definition) is 2. The molecule has 0 aromatic rings. The highest BCUT2D eigenvalue weighted by Crippen LogP contribution is 2.24. The molecule has 1 heterocycles. The van der Waals surface area contributed by atoms with E-state index in [0.29, 0.717) is 26.3 Å². The molecule has 112 valence electrons. The summed E-state index contributed by atoms with van der Waals surface area (Å²) in [7, 11) is 0. The molecule has 1 fully saturated rings. The van der Waals surface area contributed by atoms with Gasteiger partial charge in [0.2, 0.25) is 5.91 Å². The molecule has 0 saturated carbocycles. The second kappa shape index (κ2) is 7.22. The van der Waals surface area contributed by atoms with E-state index in [4.69, 9.17) is 4.74 Å². The standard InChI is InChI=1S/C14H28N2O3/c1-11(2)13(18)14(3,4)10-15-12(17)9-16-5-7-19-8-6-16/h11,13,18H,5-10H2,1-4H3,(H,15,17). The molecule has 19 heavy (non-hydrogen) atoms. The molecule has 0 aromatic heterocycles. The smallest absolute Gasteiger partial charge is 0.234 e. The zero-order valence-electron chi connectivity index (χ0n) is 12.6. The lowest BCUT2D eigenvalue weighted by Crippen LogP contribution is -2.47. The Labute approximate surface area is 116 Å². The molecule has 0 radical (unpaired) electrons. The van der Waals surface area contributed by atoms with Gasteiger partial charge in [-0.25, -0.2) is 0 Å². The lowest BCUT2D eigenvalue weighted by molar-refractivity contribution is -0.124. The first kappa shape index (κ1) is 16.4. The van der Waals surface area contributed by atoms with Gasteiger partial charge in [-0.3, -0.25) is 9.69 Å². The van der Waals surface area contributed by atoms with Crippen LogP contribution in [-0.4, -0.2) is 61.4 Å². The third-order valence-electron chi connectivity index (χ3n) is 3.64. The van der Waals surface area contributed by atoms with Crippen LogP contribution < -0.4 is 5.32 Å². The topological polar surface area (TPSA) is 61.8 Å². The van der Waals surface area contributed by atoms with Crippen molar-refractivity contribution in [2.45, 2.75) is 33.8 Å². The molecule has 1 unspecified atom stereocenters. The molecule has 0 spiro atoms. The van der Waals surface area contributed by atoms with E-state index in [1.165, 1.54) is 0 Å². The molecule has 1 aliphatic rings. The fourth-order valence-corrected chi connectivity index (χ4v) is 2.35. The van der Waals surface area contributed by atoms with Crippen molar-refractivity contribution in [3.63, 3.8) is 0 Å². The minimum Gasteiger partial charge on any atom is -0.392 e. The first-order valence-electron chi connectivity index (χ1n) is 7.08. The predicted molar refractivity (Wildman–Crippen MR) is 74.9 cm³/mol. The summed E-state index contributed by atoms with van der Waals surface area (Å²) >= 11 is 0. The van der Waals surface area contributed by atoms with E-state index in [0.717, 1.165) is 13.1 Å². The first-order chi connectivity index (χ1) is 8.83. The average Bonchev–Trinajstić information content (AvgIpc) is 2.36.